The second kappa shape index (κ2) is 7.72. The minimum atomic E-state index is 0.111. The van der Waals surface area contributed by atoms with E-state index in [4.69, 9.17) is 22.7 Å². The van der Waals surface area contributed by atoms with Crippen molar-refractivity contribution >= 4 is 17.2 Å². The van der Waals surface area contributed by atoms with E-state index in [-0.39, 0.29) is 5.92 Å². The zero-order chi connectivity index (χ0) is 14.4. The normalized spacial score (nSPS) is 16.3. The molecule has 0 bridgehead atoms. The van der Waals surface area contributed by atoms with Crippen molar-refractivity contribution in [2.45, 2.75) is 18.8 Å². The quantitative estimate of drug-likeness (QED) is 0.560. The predicted molar refractivity (Wildman–Crippen MR) is 87.0 cm³/mol. The van der Waals surface area contributed by atoms with Crippen LogP contribution in [0.4, 0.5) is 0 Å². The molecule has 20 heavy (non-hydrogen) atoms. The number of benzene rings is 1. The summed E-state index contributed by atoms with van der Waals surface area (Å²) in [4.78, 5) is 2.80. The van der Waals surface area contributed by atoms with Crippen molar-refractivity contribution in [2.75, 3.05) is 33.4 Å². The SMILES string of the molecule is CN(CCOCC1CC1)CC(C(N)=S)c1ccccc1. The Hall–Kier alpha value is -0.970. The lowest BCUT2D eigenvalue weighted by atomic mass is 9.99. The van der Waals surface area contributed by atoms with Crippen LogP contribution >= 0.6 is 12.2 Å². The molecule has 1 aliphatic rings. The molecule has 0 aliphatic heterocycles. The number of nitrogens with two attached hydrogens (primary N) is 1. The van der Waals surface area contributed by atoms with Gasteiger partial charge in [0.15, 0.2) is 0 Å². The third-order valence-corrected chi connectivity index (χ3v) is 3.99. The van der Waals surface area contributed by atoms with Gasteiger partial charge in [-0.15, -0.1) is 0 Å². The van der Waals surface area contributed by atoms with Crippen molar-refractivity contribution in [1.29, 1.82) is 0 Å². The highest BCUT2D eigenvalue weighted by Gasteiger charge is 2.21. The Kier molecular flexibility index (Phi) is 5.95. The average Bonchev–Trinajstić information content (AvgIpc) is 3.26. The molecule has 3 nitrogen and oxygen atoms in total. The molecule has 1 atom stereocenters. The summed E-state index contributed by atoms with van der Waals surface area (Å²) in [5.41, 5.74) is 7.08. The Morgan fingerprint density at radius 2 is 2.10 bits per heavy atom. The molecule has 1 unspecified atom stereocenters. The van der Waals surface area contributed by atoms with Gasteiger partial charge in [-0.05, 0) is 31.4 Å². The number of likely N-dealkylation sites (N-methyl/N-ethyl adjacent to an activating group) is 1. The van der Waals surface area contributed by atoms with Gasteiger partial charge < -0.3 is 15.4 Å². The molecule has 1 aromatic carbocycles. The molecule has 110 valence electrons. The van der Waals surface area contributed by atoms with E-state index in [1.54, 1.807) is 0 Å². The summed E-state index contributed by atoms with van der Waals surface area (Å²) in [5.74, 6) is 0.939. The van der Waals surface area contributed by atoms with Gasteiger partial charge in [-0.2, -0.15) is 0 Å². The Bertz CT molecular complexity index is 420. The van der Waals surface area contributed by atoms with Gasteiger partial charge in [0.25, 0.3) is 0 Å². The first-order chi connectivity index (χ1) is 9.66. The first-order valence-electron chi connectivity index (χ1n) is 7.27. The first-order valence-corrected chi connectivity index (χ1v) is 7.68. The molecule has 2 rings (SSSR count). The minimum absolute atomic E-state index is 0.111. The van der Waals surface area contributed by atoms with Crippen molar-refractivity contribution in [3.8, 4) is 0 Å². The second-order valence-electron chi connectivity index (χ2n) is 5.65. The van der Waals surface area contributed by atoms with Gasteiger partial charge in [0.2, 0.25) is 0 Å². The number of nitrogens with zero attached hydrogens (tertiary/aromatic N) is 1. The van der Waals surface area contributed by atoms with Gasteiger partial charge in [-0.3, -0.25) is 0 Å². The van der Waals surface area contributed by atoms with Crippen LogP contribution in [0.15, 0.2) is 30.3 Å². The van der Waals surface area contributed by atoms with Crippen molar-refractivity contribution in [2.24, 2.45) is 11.7 Å². The molecule has 1 fully saturated rings. The average molecular weight is 292 g/mol. The van der Waals surface area contributed by atoms with E-state index in [2.05, 4.69) is 24.1 Å². The Balaban J connectivity index is 1.76. The minimum Gasteiger partial charge on any atom is -0.393 e. The lowest BCUT2D eigenvalue weighted by molar-refractivity contribution is 0.103. The van der Waals surface area contributed by atoms with Gasteiger partial charge in [-0.1, -0.05) is 42.5 Å². The fraction of sp³-hybridized carbons (Fsp3) is 0.562. The van der Waals surface area contributed by atoms with Crippen molar-refractivity contribution < 1.29 is 4.74 Å². The number of hydrogen-bond acceptors (Lipinski definition) is 3. The molecule has 4 heteroatoms. The monoisotopic (exact) mass is 292 g/mol. The number of hydrogen-bond donors (Lipinski definition) is 1. The van der Waals surface area contributed by atoms with E-state index in [0.717, 1.165) is 32.2 Å². The van der Waals surface area contributed by atoms with Crippen LogP contribution in [-0.2, 0) is 4.74 Å². The molecule has 0 aromatic heterocycles. The van der Waals surface area contributed by atoms with E-state index in [0.29, 0.717) is 4.99 Å². The maximum Gasteiger partial charge on any atom is 0.0816 e. The molecular formula is C16H24N2OS. The summed E-state index contributed by atoms with van der Waals surface area (Å²) in [6.45, 7) is 3.46. The summed E-state index contributed by atoms with van der Waals surface area (Å²) in [5, 5.41) is 0. The van der Waals surface area contributed by atoms with Crippen molar-refractivity contribution in [1.82, 2.24) is 4.90 Å². The fourth-order valence-electron chi connectivity index (χ4n) is 2.20. The van der Waals surface area contributed by atoms with Gasteiger partial charge in [0.1, 0.15) is 0 Å². The van der Waals surface area contributed by atoms with E-state index in [1.807, 2.05) is 18.2 Å². The van der Waals surface area contributed by atoms with Crippen LogP contribution in [0.2, 0.25) is 0 Å². The maximum absolute atomic E-state index is 5.89. The van der Waals surface area contributed by atoms with Gasteiger partial charge in [0.05, 0.1) is 11.6 Å². The van der Waals surface area contributed by atoms with E-state index < -0.39 is 0 Å². The van der Waals surface area contributed by atoms with E-state index in [9.17, 15) is 0 Å². The van der Waals surface area contributed by atoms with Crippen molar-refractivity contribution in [3.05, 3.63) is 35.9 Å². The predicted octanol–water partition coefficient (Wildman–Crippen LogP) is 2.41. The molecule has 0 saturated heterocycles. The standard InChI is InChI=1S/C16H24N2OS/c1-18(9-10-19-12-13-7-8-13)11-15(16(17)20)14-5-3-2-4-6-14/h2-6,13,15H,7-12H2,1H3,(H2,17,20). The first kappa shape index (κ1) is 15.4. The van der Waals surface area contributed by atoms with Crippen LogP contribution in [0.1, 0.15) is 24.3 Å². The maximum atomic E-state index is 5.89. The Morgan fingerprint density at radius 1 is 1.40 bits per heavy atom. The number of thiocarbonyl (C=S) groups is 1. The highest BCUT2D eigenvalue weighted by atomic mass is 32.1. The Labute approximate surface area is 127 Å². The Morgan fingerprint density at radius 3 is 2.70 bits per heavy atom. The van der Waals surface area contributed by atoms with Crippen molar-refractivity contribution in [3.63, 3.8) is 0 Å². The summed E-state index contributed by atoms with van der Waals surface area (Å²) < 4.78 is 5.67. The number of ether oxygens (including phenoxy) is 1. The summed E-state index contributed by atoms with van der Waals surface area (Å²) in [6.07, 6.45) is 2.68. The van der Waals surface area contributed by atoms with Gasteiger partial charge >= 0.3 is 0 Å². The highest BCUT2D eigenvalue weighted by Crippen LogP contribution is 2.28. The van der Waals surface area contributed by atoms with Crippen LogP contribution in [0.3, 0.4) is 0 Å². The lowest BCUT2D eigenvalue weighted by Crippen LogP contribution is -2.33. The number of rotatable bonds is 9. The van der Waals surface area contributed by atoms with Crippen LogP contribution in [0.25, 0.3) is 0 Å². The fourth-order valence-corrected chi connectivity index (χ4v) is 2.41. The molecule has 2 N–H and O–H groups in total. The summed E-state index contributed by atoms with van der Waals surface area (Å²) in [6, 6.07) is 10.2. The molecule has 0 amide bonds. The molecule has 0 radical (unpaired) electrons. The zero-order valence-electron chi connectivity index (χ0n) is 12.1. The molecule has 1 aliphatic carbocycles. The smallest absolute Gasteiger partial charge is 0.0816 e. The van der Waals surface area contributed by atoms with Crippen LogP contribution < -0.4 is 5.73 Å². The van der Waals surface area contributed by atoms with Gasteiger partial charge in [0, 0.05) is 25.6 Å². The third kappa shape index (κ3) is 5.19. The van der Waals surface area contributed by atoms with Gasteiger partial charge in [-0.25, -0.2) is 0 Å². The summed E-state index contributed by atoms with van der Waals surface area (Å²) >= 11 is 5.22. The van der Waals surface area contributed by atoms with E-state index in [1.165, 1.54) is 18.4 Å². The largest absolute Gasteiger partial charge is 0.393 e. The lowest BCUT2D eigenvalue weighted by Gasteiger charge is -2.23. The molecule has 1 saturated carbocycles. The summed E-state index contributed by atoms with van der Waals surface area (Å²) in [7, 11) is 2.09. The van der Waals surface area contributed by atoms with Crippen LogP contribution in [0.5, 0.6) is 0 Å². The zero-order valence-corrected chi connectivity index (χ0v) is 12.9. The third-order valence-electron chi connectivity index (χ3n) is 3.71. The molecule has 0 spiro atoms. The molecular weight excluding hydrogens is 268 g/mol. The van der Waals surface area contributed by atoms with E-state index >= 15 is 0 Å². The molecule has 0 heterocycles. The van der Waals surface area contributed by atoms with Crippen LogP contribution in [0, 0.1) is 5.92 Å². The highest BCUT2D eigenvalue weighted by molar-refractivity contribution is 7.80. The van der Waals surface area contributed by atoms with Crippen LogP contribution in [-0.4, -0.2) is 43.2 Å². The second-order valence-corrected chi connectivity index (χ2v) is 6.12. The topological polar surface area (TPSA) is 38.5 Å². The molecule has 1 aromatic rings.